The molecule has 0 spiro atoms. The molecule has 0 aliphatic carbocycles. The van der Waals surface area contributed by atoms with Crippen molar-refractivity contribution in [1.82, 2.24) is 4.57 Å². The van der Waals surface area contributed by atoms with Crippen LogP contribution in [0.15, 0.2) is 87.5 Å². The lowest BCUT2D eigenvalue weighted by molar-refractivity contribution is -0.116. The number of fused-ring (bicyclic) bond motifs is 1. The number of carbonyl (C=O) groups is 1. The first-order valence-corrected chi connectivity index (χ1v) is 12.2. The zero-order valence-electron chi connectivity index (χ0n) is 18.7. The number of benzene rings is 3. The molecule has 34 heavy (non-hydrogen) atoms. The van der Waals surface area contributed by atoms with E-state index in [4.69, 9.17) is 0 Å². The molecule has 174 valence electrons. The molecule has 0 aliphatic heterocycles. The average Bonchev–Trinajstić information content (AvgIpc) is 2.82. The van der Waals surface area contributed by atoms with Gasteiger partial charge in [-0.1, -0.05) is 30.7 Å². The molecule has 0 saturated heterocycles. The molecule has 8 heteroatoms. The number of pyridine rings is 1. The molecule has 0 bridgehead atoms. The monoisotopic (exact) mass is 478 g/mol. The highest BCUT2D eigenvalue weighted by atomic mass is 32.2. The van der Waals surface area contributed by atoms with Gasteiger partial charge in [0.1, 0.15) is 17.3 Å². The molecule has 0 unspecified atom stereocenters. The Morgan fingerprint density at radius 2 is 1.68 bits per heavy atom. The van der Waals surface area contributed by atoms with Crippen LogP contribution in [0.1, 0.15) is 18.1 Å². The highest BCUT2D eigenvalue weighted by Crippen LogP contribution is 2.23. The zero-order valence-corrected chi connectivity index (χ0v) is 19.5. The molecule has 0 aliphatic rings. The second-order valence-corrected chi connectivity index (χ2v) is 9.95. The second-order valence-electron chi connectivity index (χ2n) is 8.03. The molecule has 0 radical (unpaired) electrons. The van der Waals surface area contributed by atoms with Gasteiger partial charge in [-0.25, -0.2) is 12.8 Å². The number of hydrogen-bond acceptors (Lipinski definition) is 4. The lowest BCUT2D eigenvalue weighted by Gasteiger charge is -2.15. The molecule has 1 heterocycles. The molecular formula is C26H23FN2O4S. The third-order valence-corrected chi connectivity index (χ3v) is 7.35. The van der Waals surface area contributed by atoms with Crippen LogP contribution >= 0.6 is 0 Å². The Labute approximate surface area is 196 Å². The van der Waals surface area contributed by atoms with Crippen molar-refractivity contribution in [3.8, 4) is 0 Å². The van der Waals surface area contributed by atoms with E-state index >= 15 is 0 Å². The molecule has 6 nitrogen and oxygen atoms in total. The molecule has 0 fully saturated rings. The van der Waals surface area contributed by atoms with Crippen LogP contribution in [-0.2, 0) is 27.6 Å². The molecule has 1 N–H and O–H groups in total. The number of rotatable bonds is 6. The van der Waals surface area contributed by atoms with E-state index in [1.165, 1.54) is 47.2 Å². The normalized spacial score (nSPS) is 11.5. The number of amides is 1. The van der Waals surface area contributed by atoms with Crippen LogP contribution in [0, 0.1) is 12.7 Å². The lowest BCUT2D eigenvalue weighted by Crippen LogP contribution is -2.24. The Hall–Kier alpha value is -3.78. The Morgan fingerprint density at radius 1 is 1.00 bits per heavy atom. The summed E-state index contributed by atoms with van der Waals surface area (Å²) in [6.45, 7) is 3.53. The van der Waals surface area contributed by atoms with E-state index in [-0.39, 0.29) is 16.8 Å². The van der Waals surface area contributed by atoms with Gasteiger partial charge in [-0.3, -0.25) is 9.59 Å². The Kier molecular flexibility index (Phi) is 6.34. The van der Waals surface area contributed by atoms with Crippen LogP contribution in [0.25, 0.3) is 10.9 Å². The first kappa shape index (κ1) is 23.4. The van der Waals surface area contributed by atoms with Crippen LogP contribution < -0.4 is 10.7 Å². The minimum absolute atomic E-state index is 0.00325. The molecule has 0 saturated carbocycles. The third kappa shape index (κ3) is 4.63. The zero-order chi connectivity index (χ0) is 24.5. The van der Waals surface area contributed by atoms with Gasteiger partial charge in [-0.2, -0.15) is 0 Å². The summed E-state index contributed by atoms with van der Waals surface area (Å²) in [5.41, 5.74) is 2.00. The average molecular weight is 479 g/mol. The predicted octanol–water partition coefficient (Wildman–Crippen LogP) is 4.48. The number of nitrogens with one attached hydrogen (secondary N) is 1. The molecule has 3 aromatic carbocycles. The van der Waals surface area contributed by atoms with Crippen LogP contribution in [0.3, 0.4) is 0 Å². The van der Waals surface area contributed by atoms with E-state index in [1.54, 1.807) is 24.3 Å². The molecule has 1 amide bonds. The number of halogens is 1. The maximum absolute atomic E-state index is 13.4. The van der Waals surface area contributed by atoms with Crippen molar-refractivity contribution in [3.63, 3.8) is 0 Å². The summed E-state index contributed by atoms with van der Waals surface area (Å²) in [7, 11) is -4.13. The fourth-order valence-corrected chi connectivity index (χ4v) is 5.06. The van der Waals surface area contributed by atoms with Crippen molar-refractivity contribution in [3.05, 3.63) is 100 Å². The van der Waals surface area contributed by atoms with E-state index in [1.807, 2.05) is 19.9 Å². The quantitative estimate of drug-likeness (QED) is 0.443. The van der Waals surface area contributed by atoms with Crippen molar-refractivity contribution in [2.24, 2.45) is 0 Å². The summed E-state index contributed by atoms with van der Waals surface area (Å²) < 4.78 is 41.4. The Bertz CT molecular complexity index is 1540. The van der Waals surface area contributed by atoms with E-state index in [9.17, 15) is 22.4 Å². The standard InChI is InChI=1S/C26H23FN2O4S/c1-3-18-6-13-23-22(14-18)26(31)24(34(32,33)21-11-4-17(2)5-12-21)15-29(23)16-25(30)28-20-9-7-19(27)8-10-20/h4-15H,3,16H2,1-2H3,(H,28,30). The van der Waals surface area contributed by atoms with Crippen molar-refractivity contribution in [1.29, 1.82) is 0 Å². The van der Waals surface area contributed by atoms with E-state index in [2.05, 4.69) is 5.32 Å². The number of aromatic nitrogens is 1. The topological polar surface area (TPSA) is 85.2 Å². The van der Waals surface area contributed by atoms with Gasteiger partial charge < -0.3 is 9.88 Å². The smallest absolute Gasteiger partial charge is 0.244 e. The van der Waals surface area contributed by atoms with Crippen LogP contribution in [0.5, 0.6) is 0 Å². The highest BCUT2D eigenvalue weighted by Gasteiger charge is 2.24. The fraction of sp³-hybridized carbons (Fsp3) is 0.154. The molecule has 4 rings (SSSR count). The number of carbonyl (C=O) groups excluding carboxylic acids is 1. The van der Waals surface area contributed by atoms with Gasteiger partial charge in [0.25, 0.3) is 0 Å². The minimum Gasteiger partial charge on any atom is -0.336 e. The minimum atomic E-state index is -4.13. The molecule has 0 atom stereocenters. The third-order valence-electron chi connectivity index (χ3n) is 5.58. The van der Waals surface area contributed by atoms with Crippen molar-refractivity contribution < 1.29 is 17.6 Å². The first-order valence-electron chi connectivity index (χ1n) is 10.7. The Morgan fingerprint density at radius 3 is 2.32 bits per heavy atom. The maximum atomic E-state index is 13.4. The summed E-state index contributed by atoms with van der Waals surface area (Å²) in [6.07, 6.45) is 1.88. The second kappa shape index (κ2) is 9.23. The summed E-state index contributed by atoms with van der Waals surface area (Å²) in [4.78, 5) is 25.7. The van der Waals surface area contributed by atoms with Crippen LogP contribution in [-0.4, -0.2) is 18.9 Å². The van der Waals surface area contributed by atoms with Gasteiger partial charge in [0.05, 0.1) is 10.4 Å². The summed E-state index contributed by atoms with van der Waals surface area (Å²) in [6, 6.07) is 16.8. The van der Waals surface area contributed by atoms with Gasteiger partial charge in [-0.05, 0) is 67.4 Å². The highest BCUT2D eigenvalue weighted by molar-refractivity contribution is 7.91. The maximum Gasteiger partial charge on any atom is 0.244 e. The predicted molar refractivity (Wildman–Crippen MR) is 129 cm³/mol. The van der Waals surface area contributed by atoms with Crippen LogP contribution in [0.2, 0.25) is 0 Å². The van der Waals surface area contributed by atoms with Gasteiger partial charge in [0, 0.05) is 17.3 Å². The molecular weight excluding hydrogens is 455 g/mol. The van der Waals surface area contributed by atoms with Crippen molar-refractivity contribution >= 4 is 32.3 Å². The van der Waals surface area contributed by atoms with Gasteiger partial charge in [0.2, 0.25) is 21.2 Å². The molecule has 4 aromatic rings. The SMILES string of the molecule is CCc1ccc2c(c1)c(=O)c(S(=O)(=O)c1ccc(C)cc1)cn2CC(=O)Nc1ccc(F)cc1. The summed E-state index contributed by atoms with van der Waals surface area (Å²) in [5, 5.41) is 2.89. The van der Waals surface area contributed by atoms with Crippen molar-refractivity contribution in [2.75, 3.05) is 5.32 Å². The lowest BCUT2D eigenvalue weighted by atomic mass is 10.1. The largest absolute Gasteiger partial charge is 0.336 e. The fourth-order valence-electron chi connectivity index (χ4n) is 3.69. The van der Waals surface area contributed by atoms with E-state index < -0.39 is 31.9 Å². The van der Waals surface area contributed by atoms with Crippen molar-refractivity contribution in [2.45, 2.75) is 36.6 Å². The van der Waals surface area contributed by atoms with Gasteiger partial charge in [0.15, 0.2) is 0 Å². The number of hydrogen-bond donors (Lipinski definition) is 1. The van der Waals surface area contributed by atoms with E-state index in [0.717, 1.165) is 11.1 Å². The summed E-state index contributed by atoms with van der Waals surface area (Å²) in [5.74, 6) is -0.878. The van der Waals surface area contributed by atoms with Gasteiger partial charge in [-0.15, -0.1) is 0 Å². The number of nitrogens with zero attached hydrogens (tertiary/aromatic N) is 1. The van der Waals surface area contributed by atoms with Crippen LogP contribution in [0.4, 0.5) is 10.1 Å². The number of sulfone groups is 1. The van der Waals surface area contributed by atoms with E-state index in [0.29, 0.717) is 17.6 Å². The Balaban J connectivity index is 1.83. The number of aryl methyl sites for hydroxylation is 2. The van der Waals surface area contributed by atoms with Gasteiger partial charge >= 0.3 is 0 Å². The molecule has 1 aromatic heterocycles. The first-order chi connectivity index (χ1) is 16.2. The summed E-state index contributed by atoms with van der Waals surface area (Å²) >= 11 is 0. The number of anilines is 1.